The van der Waals surface area contributed by atoms with E-state index in [4.69, 9.17) is 17.3 Å². The summed E-state index contributed by atoms with van der Waals surface area (Å²) in [5.41, 5.74) is 7.62. The van der Waals surface area contributed by atoms with Crippen LogP contribution in [0.3, 0.4) is 0 Å². The fourth-order valence-corrected chi connectivity index (χ4v) is 2.49. The smallest absolute Gasteiger partial charge is 0.142 e. The van der Waals surface area contributed by atoms with Gasteiger partial charge in [0.25, 0.3) is 0 Å². The van der Waals surface area contributed by atoms with Gasteiger partial charge in [-0.2, -0.15) is 0 Å². The molecule has 1 aromatic heterocycles. The quantitative estimate of drug-likeness (QED) is 0.720. The largest absolute Gasteiger partial charge is 0.320 e. The molecule has 0 amide bonds. The second-order valence-electron chi connectivity index (χ2n) is 4.68. The normalized spacial score (nSPS) is 12.6. The van der Waals surface area contributed by atoms with Crippen LogP contribution in [0.4, 0.5) is 8.78 Å². The molecule has 1 heterocycles. The van der Waals surface area contributed by atoms with Crippen molar-refractivity contribution in [3.8, 4) is 0 Å². The number of fused-ring (bicyclic) bond motifs is 1. The Bertz CT molecular complexity index is 815. The number of nitrogens with two attached hydrogens (primary N) is 1. The minimum Gasteiger partial charge on any atom is -0.320 e. The van der Waals surface area contributed by atoms with E-state index in [1.54, 1.807) is 24.4 Å². The van der Waals surface area contributed by atoms with Gasteiger partial charge in [-0.25, -0.2) is 8.78 Å². The molecule has 3 aromatic rings. The molecule has 0 aliphatic carbocycles. The predicted molar refractivity (Wildman–Crippen MR) is 79.1 cm³/mol. The molecule has 1 atom stereocenters. The number of aromatic nitrogens is 1. The fourth-order valence-electron chi connectivity index (χ4n) is 2.34. The van der Waals surface area contributed by atoms with Gasteiger partial charge in [-0.3, -0.25) is 4.98 Å². The van der Waals surface area contributed by atoms with Gasteiger partial charge in [0.1, 0.15) is 11.6 Å². The Morgan fingerprint density at radius 1 is 1.00 bits per heavy atom. The molecule has 2 aromatic carbocycles. The molecule has 2 N–H and O–H groups in total. The van der Waals surface area contributed by atoms with Crippen molar-refractivity contribution in [1.29, 1.82) is 0 Å². The molecule has 0 saturated carbocycles. The van der Waals surface area contributed by atoms with Gasteiger partial charge in [-0.05, 0) is 29.8 Å². The predicted octanol–water partition coefficient (Wildman–Crippen LogP) is 4.21. The third-order valence-electron chi connectivity index (χ3n) is 3.39. The van der Waals surface area contributed by atoms with Gasteiger partial charge in [0.05, 0.1) is 16.6 Å². The van der Waals surface area contributed by atoms with Gasteiger partial charge in [0, 0.05) is 17.1 Å². The first kappa shape index (κ1) is 13.9. The monoisotopic (exact) mass is 304 g/mol. The Balaban J connectivity index is 2.17. The van der Waals surface area contributed by atoms with Crippen molar-refractivity contribution in [1.82, 2.24) is 4.98 Å². The lowest BCUT2D eigenvalue weighted by molar-refractivity contribution is 0.577. The zero-order chi connectivity index (χ0) is 15.0. The molecule has 5 heteroatoms. The summed E-state index contributed by atoms with van der Waals surface area (Å²) in [6.07, 6.45) is 1.67. The van der Waals surface area contributed by atoms with Crippen molar-refractivity contribution in [2.75, 3.05) is 0 Å². The Hall–Kier alpha value is -2.04. The van der Waals surface area contributed by atoms with Crippen molar-refractivity contribution >= 4 is 22.5 Å². The van der Waals surface area contributed by atoms with Gasteiger partial charge in [-0.15, -0.1) is 0 Å². The SMILES string of the molecule is NC(c1cc(F)c(Cl)cc1F)c1cccc2ncccc12. The molecule has 21 heavy (non-hydrogen) atoms. The van der Waals surface area contributed by atoms with E-state index in [9.17, 15) is 8.78 Å². The number of benzene rings is 2. The van der Waals surface area contributed by atoms with Crippen LogP contribution in [-0.2, 0) is 0 Å². The molecule has 0 aliphatic rings. The van der Waals surface area contributed by atoms with Crippen LogP contribution in [-0.4, -0.2) is 4.98 Å². The van der Waals surface area contributed by atoms with Gasteiger partial charge in [-0.1, -0.05) is 29.8 Å². The summed E-state index contributed by atoms with van der Waals surface area (Å²) in [6.45, 7) is 0. The van der Waals surface area contributed by atoms with E-state index in [2.05, 4.69) is 4.98 Å². The van der Waals surface area contributed by atoms with Crippen LogP contribution in [0.5, 0.6) is 0 Å². The number of nitrogens with zero attached hydrogens (tertiary/aromatic N) is 1. The molecule has 0 fully saturated rings. The molecule has 0 aliphatic heterocycles. The maximum Gasteiger partial charge on any atom is 0.142 e. The minimum atomic E-state index is -0.801. The first-order valence-corrected chi connectivity index (χ1v) is 6.69. The second kappa shape index (κ2) is 5.39. The van der Waals surface area contributed by atoms with Crippen LogP contribution >= 0.6 is 11.6 Å². The topological polar surface area (TPSA) is 38.9 Å². The number of pyridine rings is 1. The maximum atomic E-state index is 14.0. The van der Waals surface area contributed by atoms with E-state index >= 15 is 0 Å². The number of halogens is 3. The molecule has 0 saturated heterocycles. The summed E-state index contributed by atoms with van der Waals surface area (Å²) >= 11 is 5.57. The molecular formula is C16H11ClF2N2. The fraction of sp³-hybridized carbons (Fsp3) is 0.0625. The summed E-state index contributed by atoms with van der Waals surface area (Å²) in [7, 11) is 0. The Kier molecular flexibility index (Phi) is 3.57. The van der Waals surface area contributed by atoms with Crippen LogP contribution in [0.2, 0.25) is 5.02 Å². The zero-order valence-electron chi connectivity index (χ0n) is 10.9. The Labute approximate surface area is 125 Å². The minimum absolute atomic E-state index is 0.0632. The standard InChI is InChI=1S/C16H11ClF2N2/c17-12-8-13(18)11(7-14(12)19)16(20)10-3-1-5-15-9(10)4-2-6-21-15/h1-8,16H,20H2. The highest BCUT2D eigenvalue weighted by Gasteiger charge is 2.18. The highest BCUT2D eigenvalue weighted by atomic mass is 35.5. The molecule has 1 unspecified atom stereocenters. The van der Waals surface area contributed by atoms with Crippen molar-refractivity contribution < 1.29 is 8.78 Å². The number of rotatable bonds is 2. The van der Waals surface area contributed by atoms with E-state index < -0.39 is 17.7 Å². The third-order valence-corrected chi connectivity index (χ3v) is 3.68. The van der Waals surface area contributed by atoms with Gasteiger partial charge in [0.2, 0.25) is 0 Å². The summed E-state index contributed by atoms with van der Waals surface area (Å²) in [4.78, 5) is 4.23. The lowest BCUT2D eigenvalue weighted by atomic mass is 9.95. The maximum absolute atomic E-state index is 14.0. The van der Waals surface area contributed by atoms with Crippen molar-refractivity contribution in [3.63, 3.8) is 0 Å². The van der Waals surface area contributed by atoms with Crippen molar-refractivity contribution in [2.45, 2.75) is 6.04 Å². The highest BCUT2D eigenvalue weighted by Crippen LogP contribution is 2.30. The lowest BCUT2D eigenvalue weighted by Crippen LogP contribution is -2.14. The van der Waals surface area contributed by atoms with Gasteiger partial charge in [0.15, 0.2) is 0 Å². The zero-order valence-corrected chi connectivity index (χ0v) is 11.6. The van der Waals surface area contributed by atoms with E-state index in [-0.39, 0.29) is 10.6 Å². The highest BCUT2D eigenvalue weighted by molar-refractivity contribution is 6.30. The molecule has 0 radical (unpaired) electrons. The molecule has 3 rings (SSSR count). The lowest BCUT2D eigenvalue weighted by Gasteiger charge is -2.16. The van der Waals surface area contributed by atoms with Crippen LogP contribution in [0.1, 0.15) is 17.2 Å². The summed E-state index contributed by atoms with van der Waals surface area (Å²) in [5, 5.41) is 0.547. The van der Waals surface area contributed by atoms with Gasteiger partial charge >= 0.3 is 0 Å². The van der Waals surface area contributed by atoms with E-state index in [0.717, 1.165) is 23.0 Å². The van der Waals surface area contributed by atoms with Crippen LogP contribution in [0.25, 0.3) is 10.9 Å². The van der Waals surface area contributed by atoms with Crippen LogP contribution in [0.15, 0.2) is 48.7 Å². The third kappa shape index (κ3) is 2.48. The van der Waals surface area contributed by atoms with Crippen LogP contribution < -0.4 is 5.73 Å². The number of hydrogen-bond donors (Lipinski definition) is 1. The first-order valence-electron chi connectivity index (χ1n) is 6.31. The average molecular weight is 305 g/mol. The van der Waals surface area contributed by atoms with Crippen LogP contribution in [0, 0.1) is 11.6 Å². The number of hydrogen-bond acceptors (Lipinski definition) is 2. The van der Waals surface area contributed by atoms with Crippen molar-refractivity contribution in [2.24, 2.45) is 5.73 Å². The van der Waals surface area contributed by atoms with E-state index in [1.165, 1.54) is 0 Å². The summed E-state index contributed by atoms with van der Waals surface area (Å²) in [6, 6.07) is 10.2. The molecule has 0 bridgehead atoms. The van der Waals surface area contributed by atoms with Crippen molar-refractivity contribution in [3.05, 3.63) is 76.4 Å². The Morgan fingerprint density at radius 2 is 1.81 bits per heavy atom. The van der Waals surface area contributed by atoms with Gasteiger partial charge < -0.3 is 5.73 Å². The average Bonchev–Trinajstić information content (AvgIpc) is 2.49. The van der Waals surface area contributed by atoms with E-state index in [1.807, 2.05) is 12.1 Å². The molecular weight excluding hydrogens is 294 g/mol. The first-order chi connectivity index (χ1) is 10.1. The second-order valence-corrected chi connectivity index (χ2v) is 5.09. The molecule has 2 nitrogen and oxygen atoms in total. The molecule has 0 spiro atoms. The van der Waals surface area contributed by atoms with E-state index in [0.29, 0.717) is 5.56 Å². The summed E-state index contributed by atoms with van der Waals surface area (Å²) in [5.74, 6) is -1.32. The summed E-state index contributed by atoms with van der Waals surface area (Å²) < 4.78 is 27.6. The molecule has 106 valence electrons. The Morgan fingerprint density at radius 3 is 2.62 bits per heavy atom.